The molecule has 3 aromatic rings. The fourth-order valence-corrected chi connectivity index (χ4v) is 8.28. The number of carbonyl (C=O) groups is 6. The van der Waals surface area contributed by atoms with Gasteiger partial charge in [0.1, 0.15) is 0 Å². The summed E-state index contributed by atoms with van der Waals surface area (Å²) in [7, 11) is 6.72. The van der Waals surface area contributed by atoms with Crippen LogP contribution >= 0.6 is 0 Å². The van der Waals surface area contributed by atoms with E-state index in [1.165, 1.54) is 14.4 Å². The Kier molecular flexibility index (Phi) is 16.4. The number of esters is 1. The van der Waals surface area contributed by atoms with Crippen LogP contribution in [-0.2, 0) is 48.5 Å². The van der Waals surface area contributed by atoms with Crippen molar-refractivity contribution in [1.29, 1.82) is 0 Å². The Labute approximate surface area is 369 Å². The molecule has 1 atom stereocenters. The fraction of sp³-hybridized carbons (Fsp3) is 0.578. The van der Waals surface area contributed by atoms with Crippen molar-refractivity contribution in [2.75, 3.05) is 92.0 Å². The van der Waals surface area contributed by atoms with Gasteiger partial charge in [0.15, 0.2) is 18.3 Å². The van der Waals surface area contributed by atoms with E-state index in [1.54, 1.807) is 37.0 Å². The van der Waals surface area contributed by atoms with E-state index in [9.17, 15) is 33.6 Å². The highest BCUT2D eigenvalue weighted by molar-refractivity contribution is 6.32. The molecule has 7 rings (SSSR count). The molecule has 1 N–H and O–H groups in total. The third kappa shape index (κ3) is 12.0. The molecule has 344 valence electrons. The summed E-state index contributed by atoms with van der Waals surface area (Å²) in [6.07, 6.45) is 2.50. The van der Waals surface area contributed by atoms with E-state index in [-0.39, 0.29) is 37.7 Å². The number of amides is 6. The third-order valence-electron chi connectivity index (χ3n) is 12.3. The number of likely N-dealkylation sites (N-methyl/N-ethyl adjacent to an activating group) is 2. The zero-order chi connectivity index (χ0) is 44.7. The second kappa shape index (κ2) is 21.4. The van der Waals surface area contributed by atoms with Crippen LogP contribution in [0.5, 0.6) is 0 Å². The van der Waals surface area contributed by atoms with Crippen molar-refractivity contribution in [3.8, 4) is 0 Å². The summed E-state index contributed by atoms with van der Waals surface area (Å²) >= 11 is 0. The van der Waals surface area contributed by atoms with Gasteiger partial charge in [-0.2, -0.15) is 0 Å². The molecule has 0 aliphatic carbocycles. The number of para-hydroxylation sites is 1. The molecule has 0 saturated carbocycles. The Morgan fingerprint density at radius 2 is 1.51 bits per heavy atom. The fourth-order valence-electron chi connectivity index (χ4n) is 8.28. The van der Waals surface area contributed by atoms with Gasteiger partial charge in [0, 0.05) is 98.2 Å². The Hall–Kier alpha value is -5.91. The van der Waals surface area contributed by atoms with Crippen molar-refractivity contribution < 1.29 is 42.7 Å². The minimum absolute atomic E-state index is 0. The monoisotopic (exact) mass is 876 g/mol. The molecule has 18 heteroatoms. The smallest absolute Gasteiger partial charge is 0.419 e. The van der Waals surface area contributed by atoms with E-state index in [0.29, 0.717) is 75.7 Å². The maximum Gasteiger partial charge on any atom is 0.419 e. The van der Waals surface area contributed by atoms with Gasteiger partial charge >= 0.3 is 29.8 Å². The van der Waals surface area contributed by atoms with E-state index in [1.807, 2.05) is 49.2 Å². The van der Waals surface area contributed by atoms with Gasteiger partial charge in [-0.3, -0.25) is 19.0 Å². The first-order valence-electron chi connectivity index (χ1n) is 21.4. The summed E-state index contributed by atoms with van der Waals surface area (Å²) in [5.41, 5.74) is 4.72. The molecule has 6 amide bonds. The van der Waals surface area contributed by atoms with Gasteiger partial charge in [-0.05, 0) is 80.8 Å². The summed E-state index contributed by atoms with van der Waals surface area (Å²) in [5.74, 6) is -2.09. The number of aromatic nitrogens is 1. The predicted molar refractivity (Wildman–Crippen MR) is 236 cm³/mol. The lowest BCUT2D eigenvalue weighted by Gasteiger charge is -2.38. The molecule has 3 fully saturated rings. The van der Waals surface area contributed by atoms with E-state index < -0.39 is 36.4 Å². The lowest BCUT2D eigenvalue weighted by molar-refractivity contribution is -0.163. The van der Waals surface area contributed by atoms with Crippen molar-refractivity contribution in [1.82, 2.24) is 34.0 Å². The number of urea groups is 1. The summed E-state index contributed by atoms with van der Waals surface area (Å²) in [4.78, 5) is 96.9. The quantitative estimate of drug-likeness (QED) is 0.271. The van der Waals surface area contributed by atoms with Gasteiger partial charge in [-0.25, -0.2) is 19.2 Å². The van der Waals surface area contributed by atoms with Crippen LogP contribution in [-0.4, -0.2) is 169 Å². The number of hydrogen-bond acceptors (Lipinski definition) is 11. The molecule has 2 aromatic carbocycles. The number of ether oxygens (including phenoxy) is 2. The number of fused-ring (bicyclic) bond motifs is 2. The number of benzene rings is 2. The highest BCUT2D eigenvalue weighted by Gasteiger charge is 2.36. The zero-order valence-electron chi connectivity index (χ0n) is 36.7. The molecule has 0 spiro atoms. The van der Waals surface area contributed by atoms with E-state index >= 15 is 0 Å². The second-order valence-electron chi connectivity index (χ2n) is 17.0. The highest BCUT2D eigenvalue weighted by atomic mass is 16.6. The van der Waals surface area contributed by atoms with Crippen molar-refractivity contribution in [3.05, 3.63) is 63.6 Å². The van der Waals surface area contributed by atoms with Crippen LogP contribution in [0.25, 0.3) is 11.1 Å². The van der Waals surface area contributed by atoms with Gasteiger partial charge in [0.05, 0.1) is 5.52 Å². The number of carbonyl (C=O) groups excluding carboxylic acids is 6. The minimum Gasteiger partial charge on any atom is -0.448 e. The van der Waals surface area contributed by atoms with Crippen LogP contribution in [0.3, 0.4) is 0 Å². The number of likely N-dealkylation sites (tertiary alicyclic amines) is 2. The number of anilines is 1. The van der Waals surface area contributed by atoms with Gasteiger partial charge in [-0.1, -0.05) is 38.6 Å². The first kappa shape index (κ1) is 48.1. The minimum atomic E-state index is -1.00. The SMILES string of the molecule is C.CN1CCN(C(=O)C(=O)OCC(=O)N(C)C)CC1.Cc1cc(C[C@@H](OC(=O)N2CCC(N3CCc4ccccc4NC3=O)CC2)C(=O)N2CCC(C)CC2)cc2oc(=O)n(C)c12. The molecule has 0 radical (unpaired) electrons. The zero-order valence-corrected chi connectivity index (χ0v) is 36.7. The van der Waals surface area contributed by atoms with E-state index in [0.717, 1.165) is 54.7 Å². The largest absolute Gasteiger partial charge is 0.448 e. The van der Waals surface area contributed by atoms with Crippen molar-refractivity contribution in [2.24, 2.45) is 13.0 Å². The van der Waals surface area contributed by atoms with Crippen LogP contribution in [0.2, 0.25) is 0 Å². The Morgan fingerprint density at radius 3 is 2.17 bits per heavy atom. The standard InChI is InChI=1S/C33H41N5O6.C11H19N3O4.CH4/c1-21-8-13-36(14-9-21)30(39)28(20-23-18-22(2)29-27(19-23)43-32(41)35(29)3)44-33(42)37-15-11-25(12-16-37)38-17-10-24-6-4-5-7-26(24)34-31(38)40;1-12(2)9(15)8-18-11(17)10(16)14-6-4-13(3)5-7-14;/h4-7,18-19,21,25,28H,8-17,20H2,1-3H3,(H,34,40);4-8H2,1-3H3;1H4/t28-;;/m1../s1. The van der Waals surface area contributed by atoms with Crippen molar-refractivity contribution >= 4 is 52.6 Å². The second-order valence-corrected chi connectivity index (χ2v) is 17.0. The summed E-state index contributed by atoms with van der Waals surface area (Å²) < 4.78 is 17.5. The molecule has 0 bridgehead atoms. The molecular weight excluding hydrogens is 813 g/mol. The molecule has 5 heterocycles. The van der Waals surface area contributed by atoms with Crippen LogP contribution < -0.4 is 11.1 Å². The number of nitrogens with one attached hydrogen (secondary N) is 1. The molecule has 1 aromatic heterocycles. The number of oxazole rings is 1. The third-order valence-corrected chi connectivity index (χ3v) is 12.3. The summed E-state index contributed by atoms with van der Waals surface area (Å²) in [5, 5.41) is 3.03. The lowest BCUT2D eigenvalue weighted by Crippen LogP contribution is -2.51. The summed E-state index contributed by atoms with van der Waals surface area (Å²) in [6.45, 7) is 8.90. The molecule has 0 unspecified atom stereocenters. The van der Waals surface area contributed by atoms with Crippen LogP contribution in [0.4, 0.5) is 15.3 Å². The van der Waals surface area contributed by atoms with Gasteiger partial charge in [-0.15, -0.1) is 0 Å². The molecular formula is C45H64N8O10. The average Bonchev–Trinajstić information content (AvgIpc) is 3.43. The van der Waals surface area contributed by atoms with Gasteiger partial charge < -0.3 is 48.6 Å². The number of piperazine rings is 1. The number of aryl methyl sites for hydroxylation is 2. The topological polar surface area (TPSA) is 187 Å². The molecule has 3 saturated heterocycles. The summed E-state index contributed by atoms with van der Waals surface area (Å²) in [6, 6.07) is 11.4. The number of piperidine rings is 2. The normalized spacial score (nSPS) is 17.9. The average molecular weight is 877 g/mol. The van der Waals surface area contributed by atoms with E-state index in [2.05, 4.69) is 21.9 Å². The molecule has 4 aliphatic heterocycles. The van der Waals surface area contributed by atoms with Crippen LogP contribution in [0, 0.1) is 12.8 Å². The Bertz CT molecular complexity index is 2180. The van der Waals surface area contributed by atoms with Crippen LogP contribution in [0.15, 0.2) is 45.6 Å². The van der Waals surface area contributed by atoms with Gasteiger partial charge in [0.25, 0.3) is 11.8 Å². The van der Waals surface area contributed by atoms with Crippen molar-refractivity contribution in [3.63, 3.8) is 0 Å². The number of hydrogen-bond donors (Lipinski definition) is 1. The highest BCUT2D eigenvalue weighted by Crippen LogP contribution is 2.27. The number of rotatable bonds is 7. The Balaban J connectivity index is 0.000000333. The number of nitrogens with zero attached hydrogens (tertiary/aromatic N) is 7. The van der Waals surface area contributed by atoms with Gasteiger partial charge in [0.2, 0.25) is 0 Å². The molecule has 4 aliphatic rings. The predicted octanol–water partition coefficient (Wildman–Crippen LogP) is 3.33. The molecule has 18 nitrogen and oxygen atoms in total. The van der Waals surface area contributed by atoms with Crippen molar-refractivity contribution in [2.45, 2.75) is 71.9 Å². The first-order valence-corrected chi connectivity index (χ1v) is 21.4. The maximum absolute atomic E-state index is 13.8. The van der Waals surface area contributed by atoms with Crippen LogP contribution in [0.1, 0.15) is 56.7 Å². The molecule has 63 heavy (non-hydrogen) atoms. The maximum atomic E-state index is 13.8. The first-order chi connectivity index (χ1) is 29.6. The Morgan fingerprint density at radius 1 is 0.857 bits per heavy atom. The van der Waals surface area contributed by atoms with E-state index in [4.69, 9.17) is 9.15 Å². The lowest BCUT2D eigenvalue weighted by atomic mass is 9.98.